The van der Waals surface area contributed by atoms with E-state index in [0.29, 0.717) is 51.8 Å². The fourth-order valence-corrected chi connectivity index (χ4v) is 5.53. The molecule has 232 valence electrons. The van der Waals surface area contributed by atoms with Crippen molar-refractivity contribution in [2.24, 2.45) is 0 Å². The molecule has 0 N–H and O–H groups in total. The van der Waals surface area contributed by atoms with Gasteiger partial charge in [0.25, 0.3) is 0 Å². The molecule has 0 unspecified atom stereocenters. The second kappa shape index (κ2) is 14.0. The van der Waals surface area contributed by atoms with Gasteiger partial charge in [-0.25, -0.2) is 15.0 Å². The standard InChI is InChI=1S/C35H27BrN8O3/c1-45-28-12-8-23(9-13-28)20-43(21-24-10-14-29(46-2)15-11-24)35-41-32(26-6-3-5-25(17-26)18-37)31(36)33-40-30(42-44(33)35)22-47-34-27(19-38)7-4-16-39-34/h3-17H,20-22H2,1-2H3. The summed E-state index contributed by atoms with van der Waals surface area (Å²) >= 11 is 3.73. The fraction of sp³-hybridized carbons (Fsp3) is 0.143. The number of rotatable bonds is 11. The molecular weight excluding hydrogens is 660 g/mol. The quantitative estimate of drug-likeness (QED) is 0.149. The highest BCUT2D eigenvalue weighted by Gasteiger charge is 2.23. The monoisotopic (exact) mass is 686 g/mol. The van der Waals surface area contributed by atoms with Crippen molar-refractivity contribution in [3.8, 4) is 40.8 Å². The number of aromatic nitrogens is 5. The van der Waals surface area contributed by atoms with Crippen molar-refractivity contribution < 1.29 is 14.2 Å². The van der Waals surface area contributed by atoms with E-state index in [2.05, 4.69) is 38.0 Å². The predicted octanol–water partition coefficient (Wildman–Crippen LogP) is 6.50. The van der Waals surface area contributed by atoms with Gasteiger partial charge in [-0.3, -0.25) is 0 Å². The summed E-state index contributed by atoms with van der Waals surface area (Å²) in [6, 6.07) is 30.6. The molecule has 3 aromatic carbocycles. The van der Waals surface area contributed by atoms with Crippen LogP contribution in [0.25, 0.3) is 16.9 Å². The molecule has 0 bridgehead atoms. The molecule has 3 aromatic heterocycles. The van der Waals surface area contributed by atoms with Crippen LogP contribution in [-0.4, -0.2) is 38.8 Å². The maximum absolute atomic E-state index is 9.62. The average molecular weight is 688 g/mol. The summed E-state index contributed by atoms with van der Waals surface area (Å²) in [7, 11) is 3.27. The van der Waals surface area contributed by atoms with E-state index in [1.54, 1.807) is 49.2 Å². The smallest absolute Gasteiger partial charge is 0.232 e. The third kappa shape index (κ3) is 6.83. The summed E-state index contributed by atoms with van der Waals surface area (Å²) in [5.41, 5.74) is 4.69. The molecule has 0 aliphatic rings. The van der Waals surface area contributed by atoms with Crippen molar-refractivity contribution in [1.29, 1.82) is 10.5 Å². The first-order valence-corrected chi connectivity index (χ1v) is 15.2. The first-order valence-electron chi connectivity index (χ1n) is 14.4. The van der Waals surface area contributed by atoms with Gasteiger partial charge in [-0.1, -0.05) is 36.4 Å². The van der Waals surface area contributed by atoms with Gasteiger partial charge in [-0.05, 0) is 75.6 Å². The Morgan fingerprint density at radius 1 is 0.830 bits per heavy atom. The zero-order chi connectivity index (χ0) is 32.8. The molecule has 3 heterocycles. The predicted molar refractivity (Wildman–Crippen MR) is 178 cm³/mol. The number of methoxy groups -OCH3 is 2. The first-order chi connectivity index (χ1) is 23.0. The van der Waals surface area contributed by atoms with E-state index in [-0.39, 0.29) is 12.5 Å². The Bertz CT molecular complexity index is 2070. The largest absolute Gasteiger partial charge is 0.497 e. The van der Waals surface area contributed by atoms with E-state index >= 15 is 0 Å². The minimum absolute atomic E-state index is 0.0323. The topological polar surface area (TPSA) is 134 Å². The van der Waals surface area contributed by atoms with E-state index in [0.717, 1.165) is 28.2 Å². The Morgan fingerprint density at radius 3 is 2.13 bits per heavy atom. The van der Waals surface area contributed by atoms with Crippen LogP contribution in [-0.2, 0) is 19.7 Å². The van der Waals surface area contributed by atoms with Gasteiger partial charge in [-0.15, -0.1) is 5.10 Å². The van der Waals surface area contributed by atoms with Crippen molar-refractivity contribution >= 4 is 27.5 Å². The summed E-state index contributed by atoms with van der Waals surface area (Å²) in [5.74, 6) is 2.59. The molecule has 11 nitrogen and oxygen atoms in total. The van der Waals surface area contributed by atoms with Gasteiger partial charge >= 0.3 is 0 Å². The van der Waals surface area contributed by atoms with Crippen LogP contribution in [0.4, 0.5) is 5.95 Å². The summed E-state index contributed by atoms with van der Waals surface area (Å²) in [6.45, 7) is 0.917. The van der Waals surface area contributed by atoms with Crippen LogP contribution in [0.15, 0.2) is 95.6 Å². The Morgan fingerprint density at radius 2 is 1.51 bits per heavy atom. The van der Waals surface area contributed by atoms with Gasteiger partial charge in [-0.2, -0.15) is 15.0 Å². The summed E-state index contributed by atoms with van der Waals surface area (Å²) in [6.07, 6.45) is 1.56. The molecule has 47 heavy (non-hydrogen) atoms. The maximum atomic E-state index is 9.62. The Hall–Kier alpha value is -5.98. The SMILES string of the molecule is COc1ccc(CN(Cc2ccc(OC)cc2)c2nc(-c3cccc(C#N)c3)c(Br)c3nc(COc4ncccc4C#N)nn23)cc1. The van der Waals surface area contributed by atoms with Crippen LogP contribution < -0.4 is 19.1 Å². The number of nitrogens with zero attached hydrogens (tertiary/aromatic N) is 8. The summed E-state index contributed by atoms with van der Waals surface area (Å²) in [5, 5.41) is 23.9. The molecule has 0 amide bonds. The minimum atomic E-state index is -0.0323. The number of hydrogen-bond donors (Lipinski definition) is 0. The lowest BCUT2D eigenvalue weighted by atomic mass is 10.1. The Balaban J connectivity index is 1.49. The number of ether oxygens (including phenoxy) is 3. The number of fused-ring (bicyclic) bond motifs is 1. The number of pyridine rings is 1. The van der Waals surface area contributed by atoms with Crippen LogP contribution in [0.2, 0.25) is 0 Å². The minimum Gasteiger partial charge on any atom is -0.497 e. The van der Waals surface area contributed by atoms with Crippen LogP contribution in [0, 0.1) is 22.7 Å². The summed E-state index contributed by atoms with van der Waals surface area (Å²) in [4.78, 5) is 16.3. The highest BCUT2D eigenvalue weighted by molar-refractivity contribution is 9.10. The number of anilines is 1. The number of nitriles is 2. The van der Waals surface area contributed by atoms with E-state index in [1.807, 2.05) is 60.7 Å². The lowest BCUT2D eigenvalue weighted by molar-refractivity contribution is 0.283. The number of benzene rings is 3. The maximum Gasteiger partial charge on any atom is 0.232 e. The number of hydrogen-bond acceptors (Lipinski definition) is 10. The van der Waals surface area contributed by atoms with E-state index in [4.69, 9.17) is 29.3 Å². The molecule has 0 radical (unpaired) electrons. The molecule has 0 aliphatic heterocycles. The lowest BCUT2D eigenvalue weighted by Gasteiger charge is -2.25. The lowest BCUT2D eigenvalue weighted by Crippen LogP contribution is -2.26. The van der Waals surface area contributed by atoms with Gasteiger partial charge in [0, 0.05) is 24.8 Å². The van der Waals surface area contributed by atoms with Crippen molar-refractivity contribution in [2.75, 3.05) is 19.1 Å². The van der Waals surface area contributed by atoms with Crippen LogP contribution >= 0.6 is 15.9 Å². The molecular formula is C35H27BrN8O3. The Kier molecular flexibility index (Phi) is 9.23. The molecule has 6 rings (SSSR count). The highest BCUT2D eigenvalue weighted by atomic mass is 79.9. The molecule has 6 aromatic rings. The molecule has 0 atom stereocenters. The average Bonchev–Trinajstić information content (AvgIpc) is 3.56. The molecule has 12 heteroatoms. The molecule has 0 fully saturated rings. The molecule has 0 aliphatic carbocycles. The highest BCUT2D eigenvalue weighted by Crippen LogP contribution is 2.34. The van der Waals surface area contributed by atoms with E-state index in [1.165, 1.54) is 0 Å². The van der Waals surface area contributed by atoms with Crippen molar-refractivity contribution in [1.82, 2.24) is 24.6 Å². The third-order valence-electron chi connectivity index (χ3n) is 7.30. The van der Waals surface area contributed by atoms with Gasteiger partial charge in [0.05, 0.1) is 36.0 Å². The van der Waals surface area contributed by atoms with Gasteiger partial charge in [0.15, 0.2) is 18.1 Å². The normalized spacial score (nSPS) is 10.7. The van der Waals surface area contributed by atoms with Crippen LogP contribution in [0.1, 0.15) is 28.1 Å². The zero-order valence-corrected chi connectivity index (χ0v) is 27.0. The van der Waals surface area contributed by atoms with Gasteiger partial charge in [0.1, 0.15) is 23.1 Å². The van der Waals surface area contributed by atoms with Crippen molar-refractivity contribution in [3.05, 3.63) is 124 Å². The van der Waals surface area contributed by atoms with Gasteiger partial charge in [0.2, 0.25) is 11.8 Å². The van der Waals surface area contributed by atoms with Crippen LogP contribution in [0.3, 0.4) is 0 Å². The fourth-order valence-electron chi connectivity index (χ4n) is 4.96. The van der Waals surface area contributed by atoms with Crippen molar-refractivity contribution in [2.45, 2.75) is 19.7 Å². The summed E-state index contributed by atoms with van der Waals surface area (Å²) < 4.78 is 18.9. The van der Waals surface area contributed by atoms with E-state index < -0.39 is 0 Å². The second-order valence-corrected chi connectivity index (χ2v) is 11.1. The van der Waals surface area contributed by atoms with Crippen molar-refractivity contribution in [3.63, 3.8) is 0 Å². The number of halogens is 1. The van der Waals surface area contributed by atoms with Gasteiger partial charge < -0.3 is 19.1 Å². The van der Waals surface area contributed by atoms with E-state index in [9.17, 15) is 10.5 Å². The molecule has 0 saturated carbocycles. The Labute approximate surface area is 279 Å². The van der Waals surface area contributed by atoms with Crippen LogP contribution in [0.5, 0.6) is 17.4 Å². The molecule has 0 spiro atoms. The second-order valence-electron chi connectivity index (χ2n) is 10.3. The zero-order valence-electron chi connectivity index (χ0n) is 25.5. The first kappa shape index (κ1) is 31.0. The molecule has 0 saturated heterocycles. The third-order valence-corrected chi connectivity index (χ3v) is 8.03.